The van der Waals surface area contributed by atoms with Crippen LogP contribution in [0.5, 0.6) is 0 Å². The minimum absolute atomic E-state index is 0.173. The number of aryl methyl sites for hydroxylation is 1. The number of hydrogen-bond donors (Lipinski definition) is 0. The normalized spacial score (nSPS) is 24.8. The molecule has 2 saturated heterocycles. The summed E-state index contributed by atoms with van der Waals surface area (Å²) in [6.45, 7) is 5.16. The number of rotatable bonds is 3. The van der Waals surface area contributed by atoms with Crippen LogP contribution < -0.4 is 4.90 Å². The van der Waals surface area contributed by atoms with E-state index in [9.17, 15) is 4.39 Å². The van der Waals surface area contributed by atoms with E-state index in [0.29, 0.717) is 0 Å². The number of hydrogen-bond acceptors (Lipinski definition) is 4. The summed E-state index contributed by atoms with van der Waals surface area (Å²) in [7, 11) is 2.03. The van der Waals surface area contributed by atoms with E-state index in [1.807, 2.05) is 25.5 Å². The van der Waals surface area contributed by atoms with Gasteiger partial charge >= 0.3 is 0 Å². The fraction of sp³-hybridized carbons (Fsp3) is 0.526. The number of halogens is 1. The van der Waals surface area contributed by atoms with E-state index in [4.69, 9.17) is 4.74 Å². The van der Waals surface area contributed by atoms with Crippen molar-refractivity contribution >= 4 is 5.69 Å². The maximum absolute atomic E-state index is 13.6. The first-order chi connectivity index (χ1) is 12.1. The number of piperidine rings is 1. The molecule has 1 atom stereocenters. The van der Waals surface area contributed by atoms with Crippen LogP contribution in [0.15, 0.2) is 36.7 Å². The fourth-order valence-corrected chi connectivity index (χ4v) is 4.05. The average molecular weight is 344 g/mol. The average Bonchev–Trinajstić information content (AvgIpc) is 3.00. The van der Waals surface area contributed by atoms with E-state index in [2.05, 4.69) is 19.4 Å². The third kappa shape index (κ3) is 3.55. The van der Waals surface area contributed by atoms with E-state index in [0.717, 1.165) is 63.7 Å². The van der Waals surface area contributed by atoms with E-state index in [1.54, 1.807) is 12.1 Å². The van der Waals surface area contributed by atoms with Gasteiger partial charge in [0.1, 0.15) is 11.6 Å². The van der Waals surface area contributed by atoms with Crippen LogP contribution in [0.2, 0.25) is 0 Å². The highest BCUT2D eigenvalue weighted by Gasteiger charge is 2.40. The standard InChI is InChI=1S/C19H25FN4O/c1-22-9-7-21-18(22)13-23-10-11-25-19(14-23)6-3-8-24(15-19)17-5-2-4-16(20)12-17/h2,4-5,7,9,12H,3,6,8,10-11,13-15H2,1H3/t19-/m1/s1. The molecule has 134 valence electrons. The van der Waals surface area contributed by atoms with E-state index < -0.39 is 0 Å². The van der Waals surface area contributed by atoms with Crippen LogP contribution in [0.4, 0.5) is 10.1 Å². The van der Waals surface area contributed by atoms with Crippen molar-refractivity contribution < 1.29 is 9.13 Å². The molecule has 1 spiro atoms. The second-order valence-electron chi connectivity index (χ2n) is 7.20. The van der Waals surface area contributed by atoms with Crippen molar-refractivity contribution in [2.45, 2.75) is 25.0 Å². The van der Waals surface area contributed by atoms with Gasteiger partial charge in [0.2, 0.25) is 0 Å². The molecule has 0 unspecified atom stereocenters. The Hall–Kier alpha value is -1.92. The molecule has 25 heavy (non-hydrogen) atoms. The lowest BCUT2D eigenvalue weighted by atomic mass is 9.90. The first kappa shape index (κ1) is 16.5. The summed E-state index contributed by atoms with van der Waals surface area (Å²) in [4.78, 5) is 9.14. The number of aromatic nitrogens is 2. The Labute approximate surface area is 148 Å². The molecule has 2 aliphatic rings. The smallest absolute Gasteiger partial charge is 0.125 e. The number of anilines is 1. The molecule has 2 fully saturated rings. The minimum atomic E-state index is -0.182. The van der Waals surface area contributed by atoms with E-state index in [1.165, 1.54) is 6.07 Å². The number of morpholine rings is 1. The molecule has 0 amide bonds. The summed E-state index contributed by atoms with van der Waals surface area (Å²) < 4.78 is 21.9. The maximum atomic E-state index is 13.6. The van der Waals surface area contributed by atoms with Gasteiger partial charge in [0, 0.05) is 51.3 Å². The molecule has 6 heteroatoms. The lowest BCUT2D eigenvalue weighted by molar-refractivity contribution is -0.116. The van der Waals surface area contributed by atoms with Gasteiger partial charge in [-0.3, -0.25) is 4.90 Å². The highest BCUT2D eigenvalue weighted by molar-refractivity contribution is 5.47. The highest BCUT2D eigenvalue weighted by Crippen LogP contribution is 2.32. The highest BCUT2D eigenvalue weighted by atomic mass is 19.1. The Balaban J connectivity index is 1.47. The molecule has 2 aliphatic heterocycles. The Morgan fingerprint density at radius 1 is 1.28 bits per heavy atom. The SMILES string of the molecule is Cn1ccnc1CN1CCO[C@]2(CCCN(c3cccc(F)c3)C2)C1. The van der Waals surface area contributed by atoms with Gasteiger partial charge in [-0.1, -0.05) is 6.07 Å². The maximum Gasteiger partial charge on any atom is 0.125 e. The van der Waals surface area contributed by atoms with Crippen LogP contribution in [0, 0.1) is 5.82 Å². The number of nitrogens with zero attached hydrogens (tertiary/aromatic N) is 4. The zero-order valence-corrected chi connectivity index (χ0v) is 14.7. The Morgan fingerprint density at radius 2 is 2.20 bits per heavy atom. The van der Waals surface area contributed by atoms with Crippen molar-refractivity contribution in [3.8, 4) is 0 Å². The Kier molecular flexibility index (Phi) is 4.48. The molecule has 4 rings (SSSR count). The Bertz CT molecular complexity index is 730. The summed E-state index contributed by atoms with van der Waals surface area (Å²) in [6.07, 6.45) is 5.94. The molecular weight excluding hydrogens is 319 g/mol. The molecule has 0 radical (unpaired) electrons. The van der Waals surface area contributed by atoms with Gasteiger partial charge in [0.15, 0.2) is 0 Å². The van der Waals surface area contributed by atoms with Crippen molar-refractivity contribution in [1.82, 2.24) is 14.5 Å². The minimum Gasteiger partial charge on any atom is -0.370 e. The molecule has 1 aromatic heterocycles. The van der Waals surface area contributed by atoms with Gasteiger partial charge in [0.05, 0.1) is 18.8 Å². The summed E-state index contributed by atoms with van der Waals surface area (Å²) >= 11 is 0. The van der Waals surface area contributed by atoms with Crippen LogP contribution in [0.3, 0.4) is 0 Å². The van der Waals surface area contributed by atoms with Crippen molar-refractivity contribution in [2.24, 2.45) is 7.05 Å². The fourth-order valence-electron chi connectivity index (χ4n) is 4.05. The molecule has 0 saturated carbocycles. The molecule has 0 bridgehead atoms. The van der Waals surface area contributed by atoms with Gasteiger partial charge < -0.3 is 14.2 Å². The summed E-state index contributed by atoms with van der Waals surface area (Å²) in [5, 5.41) is 0. The number of ether oxygens (including phenoxy) is 1. The lowest BCUT2D eigenvalue weighted by Crippen LogP contribution is -2.59. The third-order valence-electron chi connectivity index (χ3n) is 5.33. The van der Waals surface area contributed by atoms with E-state index >= 15 is 0 Å². The molecule has 0 aliphatic carbocycles. The van der Waals surface area contributed by atoms with Crippen LogP contribution in [0.25, 0.3) is 0 Å². The largest absolute Gasteiger partial charge is 0.370 e. The second-order valence-corrected chi connectivity index (χ2v) is 7.20. The zero-order valence-electron chi connectivity index (χ0n) is 14.7. The van der Waals surface area contributed by atoms with Gasteiger partial charge in [-0.2, -0.15) is 0 Å². The summed E-state index contributed by atoms with van der Waals surface area (Å²) in [5.41, 5.74) is 0.775. The first-order valence-electron chi connectivity index (χ1n) is 8.97. The molecule has 5 nitrogen and oxygen atoms in total. The molecular formula is C19H25FN4O. The summed E-state index contributed by atoms with van der Waals surface area (Å²) in [5.74, 6) is 0.896. The quantitative estimate of drug-likeness (QED) is 0.856. The monoisotopic (exact) mass is 344 g/mol. The number of benzene rings is 1. The summed E-state index contributed by atoms with van der Waals surface area (Å²) in [6, 6.07) is 6.88. The van der Waals surface area contributed by atoms with Gasteiger partial charge in [-0.15, -0.1) is 0 Å². The molecule has 3 heterocycles. The van der Waals surface area contributed by atoms with E-state index in [-0.39, 0.29) is 11.4 Å². The zero-order chi connectivity index (χ0) is 17.3. The van der Waals surface area contributed by atoms with Crippen LogP contribution in [0.1, 0.15) is 18.7 Å². The van der Waals surface area contributed by atoms with Gasteiger partial charge in [-0.05, 0) is 31.0 Å². The lowest BCUT2D eigenvalue weighted by Gasteiger charge is -2.48. The topological polar surface area (TPSA) is 33.5 Å². The van der Waals surface area contributed by atoms with Gasteiger partial charge in [-0.25, -0.2) is 9.37 Å². The van der Waals surface area contributed by atoms with Crippen LogP contribution in [-0.4, -0.2) is 52.8 Å². The van der Waals surface area contributed by atoms with Crippen molar-refractivity contribution in [2.75, 3.05) is 37.7 Å². The van der Waals surface area contributed by atoms with Crippen molar-refractivity contribution in [3.05, 3.63) is 48.3 Å². The predicted molar refractivity (Wildman–Crippen MR) is 95.0 cm³/mol. The van der Waals surface area contributed by atoms with Crippen LogP contribution >= 0.6 is 0 Å². The Morgan fingerprint density at radius 3 is 3.00 bits per heavy atom. The molecule has 2 aromatic rings. The van der Waals surface area contributed by atoms with Crippen molar-refractivity contribution in [3.63, 3.8) is 0 Å². The third-order valence-corrected chi connectivity index (χ3v) is 5.33. The van der Waals surface area contributed by atoms with Gasteiger partial charge in [0.25, 0.3) is 0 Å². The molecule has 1 aromatic carbocycles. The van der Waals surface area contributed by atoms with Crippen LogP contribution in [-0.2, 0) is 18.3 Å². The second kappa shape index (κ2) is 6.77. The van der Waals surface area contributed by atoms with Crippen molar-refractivity contribution in [1.29, 1.82) is 0 Å². The predicted octanol–water partition coefficient (Wildman–Crippen LogP) is 2.43. The first-order valence-corrected chi connectivity index (χ1v) is 8.97. The molecule has 0 N–H and O–H groups in total. The number of imidazole rings is 1.